The Bertz CT molecular complexity index is 1080. The third kappa shape index (κ3) is 2.47. The Morgan fingerprint density at radius 2 is 1.46 bits per heavy atom. The number of aromatic nitrogens is 1. The van der Waals surface area contributed by atoms with Crippen molar-refractivity contribution in [3.05, 3.63) is 78.9 Å². The number of hydrogen-bond acceptors (Lipinski definition) is 0. The van der Waals surface area contributed by atoms with Gasteiger partial charge in [0, 0.05) is 38.2 Å². The summed E-state index contributed by atoms with van der Waals surface area (Å²) in [6.45, 7) is 4.00. The predicted octanol–water partition coefficient (Wildman–Crippen LogP) is 5.97. The van der Waals surface area contributed by atoms with Crippen molar-refractivity contribution in [3.63, 3.8) is 0 Å². The molecule has 0 atom stereocenters. The van der Waals surface area contributed by atoms with Crippen molar-refractivity contribution in [2.45, 2.75) is 13.8 Å². The van der Waals surface area contributed by atoms with E-state index in [1.807, 2.05) is 32.0 Å². The first-order valence-corrected chi connectivity index (χ1v) is 8.07. The van der Waals surface area contributed by atoms with Crippen LogP contribution in [0.3, 0.4) is 0 Å². The predicted molar refractivity (Wildman–Crippen MR) is 98.1 cm³/mol. The molecule has 0 N–H and O–H groups in total. The van der Waals surface area contributed by atoms with Gasteiger partial charge in [-0.25, -0.2) is 11.1 Å². The Labute approximate surface area is 167 Å². The second-order valence-electron chi connectivity index (χ2n) is 5.30. The Morgan fingerprint density at radius 3 is 2.21 bits per heavy atom. The maximum absolute atomic E-state index is 3.60. The molecule has 5 rings (SSSR count). The van der Waals surface area contributed by atoms with E-state index in [0.717, 1.165) is 16.6 Å². The van der Waals surface area contributed by atoms with Crippen molar-refractivity contribution in [1.29, 1.82) is 0 Å². The second kappa shape index (κ2) is 7.05. The summed E-state index contributed by atoms with van der Waals surface area (Å²) >= 11 is 0. The van der Waals surface area contributed by atoms with Gasteiger partial charge in [0.25, 0.3) is 0 Å². The number of nitrogens with zero attached hydrogens (tertiary/aromatic N) is 1. The molecule has 0 bridgehead atoms. The summed E-state index contributed by atoms with van der Waals surface area (Å²) in [4.78, 5) is 0. The topological polar surface area (TPSA) is 4.41 Å². The summed E-state index contributed by atoms with van der Waals surface area (Å²) in [5, 5.41) is 2.55. The number of rotatable bonds is 1. The van der Waals surface area contributed by atoms with Crippen LogP contribution in [-0.2, 0) is 32.7 Å². The number of hydrogen-bond donors (Lipinski definition) is 0. The van der Waals surface area contributed by atoms with Crippen molar-refractivity contribution < 1.29 is 32.7 Å². The SMILES string of the molecule is CC.[Y].[c-]1ccccc1-c1[c-]c2c3ccccc3c3cccc1n23. The minimum absolute atomic E-state index is 0. The molecule has 1 radical (unpaired) electrons. The number of pyridine rings is 1. The molecule has 0 amide bonds. The van der Waals surface area contributed by atoms with Crippen molar-refractivity contribution in [3.8, 4) is 11.1 Å². The fraction of sp³-hybridized carbons (Fsp3) is 0.0909. The molecule has 24 heavy (non-hydrogen) atoms. The summed E-state index contributed by atoms with van der Waals surface area (Å²) < 4.78 is 2.31. The number of fused-ring (bicyclic) bond motifs is 3. The Kier molecular flexibility index (Phi) is 5.03. The summed E-state index contributed by atoms with van der Waals surface area (Å²) in [6.07, 6.45) is 0. The summed E-state index contributed by atoms with van der Waals surface area (Å²) in [7, 11) is 0. The first-order chi connectivity index (χ1) is 11.4. The van der Waals surface area contributed by atoms with Crippen LogP contribution in [0.2, 0.25) is 0 Å². The van der Waals surface area contributed by atoms with Crippen molar-refractivity contribution in [2.75, 3.05) is 0 Å². The fourth-order valence-electron chi connectivity index (χ4n) is 3.25. The molecule has 0 aliphatic heterocycles. The van der Waals surface area contributed by atoms with Crippen LogP contribution >= 0.6 is 0 Å². The molecule has 1 nitrogen and oxygen atoms in total. The van der Waals surface area contributed by atoms with Gasteiger partial charge < -0.3 is 4.40 Å². The fourth-order valence-corrected chi connectivity index (χ4v) is 3.25. The Balaban J connectivity index is 0.000000545. The molecule has 0 aliphatic carbocycles. The van der Waals surface area contributed by atoms with Crippen LogP contribution in [0, 0.1) is 12.1 Å². The molecule has 0 unspecified atom stereocenters. The van der Waals surface area contributed by atoms with Gasteiger partial charge in [0.05, 0.1) is 0 Å². The molecule has 0 spiro atoms. The van der Waals surface area contributed by atoms with E-state index in [0.29, 0.717) is 0 Å². The van der Waals surface area contributed by atoms with Gasteiger partial charge in [-0.1, -0.05) is 61.1 Å². The van der Waals surface area contributed by atoms with E-state index in [9.17, 15) is 0 Å². The third-order valence-corrected chi connectivity index (χ3v) is 4.15. The first kappa shape index (κ1) is 17.1. The molecule has 0 aliphatic rings. The zero-order valence-corrected chi connectivity index (χ0v) is 16.7. The van der Waals surface area contributed by atoms with E-state index in [1.165, 1.54) is 21.8 Å². The molecule has 2 heteroatoms. The number of benzene rings is 2. The molecule has 0 saturated carbocycles. The van der Waals surface area contributed by atoms with Crippen LogP contribution in [0.1, 0.15) is 13.8 Å². The summed E-state index contributed by atoms with van der Waals surface area (Å²) in [5.41, 5.74) is 5.82. The van der Waals surface area contributed by atoms with E-state index < -0.39 is 0 Å². The van der Waals surface area contributed by atoms with E-state index in [2.05, 4.69) is 65.1 Å². The van der Waals surface area contributed by atoms with Crippen LogP contribution in [0.5, 0.6) is 0 Å². The molecular formula is C22H17NY-2. The monoisotopic (exact) mass is 384 g/mol. The van der Waals surface area contributed by atoms with Crippen LogP contribution in [0.25, 0.3) is 38.4 Å². The minimum atomic E-state index is 0. The van der Waals surface area contributed by atoms with Gasteiger partial charge in [0.15, 0.2) is 0 Å². The molecular weight excluding hydrogens is 367 g/mol. The van der Waals surface area contributed by atoms with Gasteiger partial charge in [-0.15, -0.1) is 6.07 Å². The van der Waals surface area contributed by atoms with E-state index >= 15 is 0 Å². The normalized spacial score (nSPS) is 10.6. The second-order valence-corrected chi connectivity index (χ2v) is 5.30. The Hall–Kier alpha value is -1.70. The molecule has 0 saturated heterocycles. The smallest absolute Gasteiger partial charge is 0.0338 e. The standard InChI is InChI=1S/C20H11N.C2H6.Y/c1-2-7-14(8-3-1)17-13-20-16-10-5-4-9-15(16)18-11-6-12-19(17)21(18)20;1-2;/h1-7,9-12H;1-2H3;/q-2;;. The third-order valence-electron chi connectivity index (χ3n) is 4.15. The average Bonchev–Trinajstić information content (AvgIpc) is 3.18. The molecule has 2 aromatic carbocycles. The van der Waals surface area contributed by atoms with Gasteiger partial charge in [-0.05, 0) is 17.0 Å². The van der Waals surface area contributed by atoms with Crippen LogP contribution < -0.4 is 0 Å². The van der Waals surface area contributed by atoms with Gasteiger partial charge in [-0.3, -0.25) is 0 Å². The van der Waals surface area contributed by atoms with E-state index in [4.69, 9.17) is 0 Å². The van der Waals surface area contributed by atoms with Gasteiger partial charge in [0.1, 0.15) is 0 Å². The largest absolute Gasteiger partial charge is 0.377 e. The Morgan fingerprint density at radius 1 is 0.750 bits per heavy atom. The van der Waals surface area contributed by atoms with Gasteiger partial charge >= 0.3 is 0 Å². The molecule has 3 heterocycles. The van der Waals surface area contributed by atoms with Gasteiger partial charge in [-0.2, -0.15) is 30.3 Å². The van der Waals surface area contributed by atoms with Crippen LogP contribution in [-0.4, -0.2) is 4.40 Å². The molecule has 115 valence electrons. The van der Waals surface area contributed by atoms with Crippen molar-refractivity contribution in [2.24, 2.45) is 0 Å². The van der Waals surface area contributed by atoms with E-state index in [-0.39, 0.29) is 32.7 Å². The van der Waals surface area contributed by atoms with Crippen LogP contribution in [0.15, 0.2) is 66.7 Å². The quantitative estimate of drug-likeness (QED) is 0.314. The van der Waals surface area contributed by atoms with Crippen molar-refractivity contribution in [1.82, 2.24) is 4.40 Å². The first-order valence-electron chi connectivity index (χ1n) is 8.07. The zero-order chi connectivity index (χ0) is 15.8. The maximum atomic E-state index is 3.60. The van der Waals surface area contributed by atoms with Crippen LogP contribution in [0.4, 0.5) is 0 Å². The molecule has 5 aromatic rings. The van der Waals surface area contributed by atoms with Crippen molar-refractivity contribution >= 4 is 27.3 Å². The van der Waals surface area contributed by atoms with Gasteiger partial charge in [0.2, 0.25) is 0 Å². The summed E-state index contributed by atoms with van der Waals surface area (Å²) in [5.74, 6) is 0. The zero-order valence-electron chi connectivity index (χ0n) is 13.9. The van der Waals surface area contributed by atoms with E-state index in [1.54, 1.807) is 0 Å². The molecule has 3 aromatic heterocycles. The molecule has 0 fully saturated rings. The summed E-state index contributed by atoms with van der Waals surface area (Å²) in [6, 6.07) is 30.0. The minimum Gasteiger partial charge on any atom is -0.377 e. The average molecular weight is 384 g/mol. The maximum Gasteiger partial charge on any atom is 0.0338 e.